The second kappa shape index (κ2) is 4.02. The fourth-order valence-corrected chi connectivity index (χ4v) is 1.51. The SMILES string of the molecule is Cc1cccc([N+](=O)[O-])c1-n1cnc(C#N)n1. The Hall–Kier alpha value is -2.75. The largest absolute Gasteiger partial charge is 0.295 e. The van der Waals surface area contributed by atoms with Crippen molar-refractivity contribution in [2.24, 2.45) is 0 Å². The van der Waals surface area contributed by atoms with Crippen LogP contribution in [0.25, 0.3) is 5.69 Å². The molecule has 7 heteroatoms. The summed E-state index contributed by atoms with van der Waals surface area (Å²) >= 11 is 0. The number of nitro groups is 1. The van der Waals surface area contributed by atoms with Crippen LogP contribution in [0.5, 0.6) is 0 Å². The summed E-state index contributed by atoms with van der Waals surface area (Å²) in [5.41, 5.74) is 0.944. The number of nitrogens with zero attached hydrogens (tertiary/aromatic N) is 5. The molecule has 1 aromatic heterocycles. The van der Waals surface area contributed by atoms with E-state index < -0.39 is 4.92 Å². The van der Waals surface area contributed by atoms with E-state index in [1.54, 1.807) is 25.1 Å². The first-order valence-electron chi connectivity index (χ1n) is 4.69. The Morgan fingerprint density at radius 1 is 1.53 bits per heavy atom. The van der Waals surface area contributed by atoms with Crippen molar-refractivity contribution in [1.82, 2.24) is 14.8 Å². The zero-order valence-corrected chi connectivity index (χ0v) is 8.86. The Labute approximate surface area is 96.1 Å². The Morgan fingerprint density at radius 2 is 2.29 bits per heavy atom. The van der Waals surface area contributed by atoms with E-state index in [1.165, 1.54) is 17.1 Å². The molecule has 7 nitrogen and oxygen atoms in total. The Balaban J connectivity index is 2.66. The van der Waals surface area contributed by atoms with Crippen molar-refractivity contribution in [3.63, 3.8) is 0 Å². The zero-order valence-electron chi connectivity index (χ0n) is 8.86. The molecular weight excluding hydrogens is 222 g/mol. The zero-order chi connectivity index (χ0) is 12.4. The van der Waals surface area contributed by atoms with Gasteiger partial charge in [-0.2, -0.15) is 5.26 Å². The molecule has 0 aliphatic rings. The van der Waals surface area contributed by atoms with Gasteiger partial charge in [0.2, 0.25) is 0 Å². The third-order valence-corrected chi connectivity index (χ3v) is 2.23. The van der Waals surface area contributed by atoms with E-state index in [-0.39, 0.29) is 11.5 Å². The lowest BCUT2D eigenvalue weighted by Gasteiger charge is -2.04. The van der Waals surface area contributed by atoms with Gasteiger partial charge < -0.3 is 0 Å². The Bertz CT molecular complexity index is 626. The minimum atomic E-state index is -0.490. The summed E-state index contributed by atoms with van der Waals surface area (Å²) in [6, 6.07) is 6.49. The quantitative estimate of drug-likeness (QED) is 0.571. The third kappa shape index (κ3) is 1.83. The van der Waals surface area contributed by atoms with Gasteiger partial charge in [-0.1, -0.05) is 12.1 Å². The highest BCUT2D eigenvalue weighted by atomic mass is 16.6. The summed E-state index contributed by atoms with van der Waals surface area (Å²) in [5.74, 6) is -0.0254. The highest BCUT2D eigenvalue weighted by molar-refractivity contribution is 5.56. The summed E-state index contributed by atoms with van der Waals surface area (Å²) in [6.45, 7) is 1.73. The maximum atomic E-state index is 10.9. The number of rotatable bonds is 2. The second-order valence-electron chi connectivity index (χ2n) is 3.32. The van der Waals surface area contributed by atoms with E-state index in [1.807, 2.05) is 0 Å². The van der Waals surface area contributed by atoms with Crippen molar-refractivity contribution < 1.29 is 4.92 Å². The van der Waals surface area contributed by atoms with Crippen molar-refractivity contribution in [2.75, 3.05) is 0 Å². The Kier molecular flexibility index (Phi) is 2.54. The van der Waals surface area contributed by atoms with Crippen LogP contribution < -0.4 is 0 Å². The average Bonchev–Trinajstić information content (AvgIpc) is 2.76. The van der Waals surface area contributed by atoms with Crippen LogP contribution in [0.1, 0.15) is 11.4 Å². The van der Waals surface area contributed by atoms with E-state index in [0.717, 1.165) is 0 Å². The third-order valence-electron chi connectivity index (χ3n) is 2.23. The van der Waals surface area contributed by atoms with Gasteiger partial charge in [0.1, 0.15) is 18.1 Å². The first-order valence-corrected chi connectivity index (χ1v) is 4.69. The minimum absolute atomic E-state index is 0.0254. The van der Waals surface area contributed by atoms with Crippen molar-refractivity contribution in [1.29, 1.82) is 5.26 Å². The highest BCUT2D eigenvalue weighted by Crippen LogP contribution is 2.25. The number of hydrogen-bond donors (Lipinski definition) is 0. The standard InChI is InChI=1S/C10H7N5O2/c1-7-3-2-4-8(15(16)17)10(7)14-6-12-9(5-11)13-14/h2-4,6H,1H3. The summed E-state index contributed by atoms with van der Waals surface area (Å²) in [5, 5.41) is 23.4. The van der Waals surface area contributed by atoms with Gasteiger partial charge in [-0.3, -0.25) is 10.1 Å². The van der Waals surface area contributed by atoms with Gasteiger partial charge in [0, 0.05) is 6.07 Å². The first-order chi connectivity index (χ1) is 8.13. The molecule has 0 spiro atoms. The average molecular weight is 229 g/mol. The lowest BCUT2D eigenvalue weighted by molar-refractivity contribution is -0.384. The highest BCUT2D eigenvalue weighted by Gasteiger charge is 2.18. The summed E-state index contributed by atoms with van der Waals surface area (Å²) < 4.78 is 1.24. The van der Waals surface area contributed by atoms with Crippen molar-refractivity contribution >= 4 is 5.69 Å². The lowest BCUT2D eigenvalue weighted by Crippen LogP contribution is -2.03. The molecule has 0 radical (unpaired) electrons. The number of para-hydroxylation sites is 1. The van der Waals surface area contributed by atoms with Gasteiger partial charge in [0.05, 0.1) is 4.92 Å². The summed E-state index contributed by atoms with van der Waals surface area (Å²) in [4.78, 5) is 14.1. The fourth-order valence-electron chi connectivity index (χ4n) is 1.51. The molecule has 0 unspecified atom stereocenters. The molecule has 1 aromatic carbocycles. The summed E-state index contributed by atoms with van der Waals surface area (Å²) in [6.07, 6.45) is 1.29. The molecule has 84 valence electrons. The number of benzene rings is 1. The normalized spacial score (nSPS) is 9.88. The number of nitriles is 1. The number of hydrogen-bond acceptors (Lipinski definition) is 5. The van der Waals surface area contributed by atoms with Crippen molar-refractivity contribution in [3.8, 4) is 11.8 Å². The summed E-state index contributed by atoms with van der Waals surface area (Å²) in [7, 11) is 0. The molecular formula is C10H7N5O2. The van der Waals surface area contributed by atoms with E-state index in [9.17, 15) is 10.1 Å². The van der Waals surface area contributed by atoms with Crippen molar-refractivity contribution in [3.05, 3.63) is 46.0 Å². The van der Waals surface area contributed by atoms with Gasteiger partial charge in [-0.25, -0.2) is 9.67 Å². The van der Waals surface area contributed by atoms with Crippen LogP contribution in [0.2, 0.25) is 0 Å². The molecule has 0 bridgehead atoms. The number of aromatic nitrogens is 3. The molecule has 2 aromatic rings. The van der Waals surface area contributed by atoms with E-state index >= 15 is 0 Å². The van der Waals surface area contributed by atoms with Crippen molar-refractivity contribution in [2.45, 2.75) is 6.92 Å². The molecule has 0 aliphatic carbocycles. The predicted molar refractivity (Wildman–Crippen MR) is 57.5 cm³/mol. The molecule has 0 saturated carbocycles. The second-order valence-corrected chi connectivity index (χ2v) is 3.32. The molecule has 0 atom stereocenters. The minimum Gasteiger partial charge on any atom is -0.258 e. The molecule has 0 fully saturated rings. The van der Waals surface area contributed by atoms with Gasteiger partial charge in [-0.15, -0.1) is 5.10 Å². The van der Waals surface area contributed by atoms with Gasteiger partial charge in [0.25, 0.3) is 11.5 Å². The Morgan fingerprint density at radius 3 is 2.88 bits per heavy atom. The molecule has 0 aliphatic heterocycles. The van der Waals surface area contributed by atoms with E-state index in [0.29, 0.717) is 11.3 Å². The molecule has 0 saturated heterocycles. The van der Waals surface area contributed by atoms with Crippen LogP contribution in [0.15, 0.2) is 24.5 Å². The number of aryl methyl sites for hydroxylation is 1. The molecule has 17 heavy (non-hydrogen) atoms. The van der Waals surface area contributed by atoms with Gasteiger partial charge in [0.15, 0.2) is 0 Å². The maximum absolute atomic E-state index is 10.9. The van der Waals surface area contributed by atoms with E-state index in [2.05, 4.69) is 10.1 Å². The van der Waals surface area contributed by atoms with Gasteiger partial charge in [-0.05, 0) is 12.5 Å². The van der Waals surface area contributed by atoms with Crippen LogP contribution >= 0.6 is 0 Å². The number of nitro benzene ring substituents is 1. The smallest absolute Gasteiger partial charge is 0.258 e. The topological polar surface area (TPSA) is 97.6 Å². The maximum Gasteiger partial charge on any atom is 0.295 e. The molecule has 1 heterocycles. The van der Waals surface area contributed by atoms with Crippen LogP contribution in [-0.2, 0) is 0 Å². The van der Waals surface area contributed by atoms with E-state index in [4.69, 9.17) is 5.26 Å². The molecule has 0 N–H and O–H groups in total. The van der Waals surface area contributed by atoms with Crippen LogP contribution in [0.3, 0.4) is 0 Å². The van der Waals surface area contributed by atoms with Crippen LogP contribution in [0, 0.1) is 28.4 Å². The predicted octanol–water partition coefficient (Wildman–Crippen LogP) is 1.36. The van der Waals surface area contributed by atoms with Gasteiger partial charge >= 0.3 is 0 Å². The monoisotopic (exact) mass is 229 g/mol. The lowest BCUT2D eigenvalue weighted by atomic mass is 10.2. The molecule has 0 amide bonds. The van der Waals surface area contributed by atoms with Crippen LogP contribution in [0.4, 0.5) is 5.69 Å². The molecule has 2 rings (SSSR count). The first kappa shape index (κ1) is 10.8. The fraction of sp³-hybridized carbons (Fsp3) is 0.100. The van der Waals surface area contributed by atoms with Crippen LogP contribution in [-0.4, -0.2) is 19.7 Å².